The van der Waals surface area contributed by atoms with Crippen LogP contribution in [0.5, 0.6) is 0 Å². The number of hydrogen-bond acceptors (Lipinski definition) is 6. The number of methoxy groups -OCH3 is 1. The summed E-state index contributed by atoms with van der Waals surface area (Å²) >= 11 is 0. The van der Waals surface area contributed by atoms with Crippen LogP contribution in [0.3, 0.4) is 0 Å². The van der Waals surface area contributed by atoms with Gasteiger partial charge in [0.2, 0.25) is 5.89 Å². The molecule has 0 aliphatic carbocycles. The van der Waals surface area contributed by atoms with Crippen LogP contribution >= 0.6 is 0 Å². The highest BCUT2D eigenvalue weighted by Crippen LogP contribution is 2.33. The van der Waals surface area contributed by atoms with E-state index >= 15 is 0 Å². The van der Waals surface area contributed by atoms with Gasteiger partial charge in [-0.1, -0.05) is 5.16 Å². The SMILES string of the molecule is CO[C@H]1C[C@H](c2nc(C)no2)N(C(=O)N[C@H](C)c2cc(C)oc2C)C1. The number of carbonyl (C=O) groups is 1. The first-order valence-corrected chi connectivity index (χ1v) is 8.36. The highest BCUT2D eigenvalue weighted by molar-refractivity contribution is 5.75. The van der Waals surface area contributed by atoms with Crippen LogP contribution in [-0.2, 0) is 4.74 Å². The summed E-state index contributed by atoms with van der Waals surface area (Å²) in [6.45, 7) is 7.95. The van der Waals surface area contributed by atoms with E-state index in [0.717, 1.165) is 17.1 Å². The van der Waals surface area contributed by atoms with Crippen molar-refractivity contribution in [3.05, 3.63) is 34.9 Å². The number of ether oxygens (including phenoxy) is 1. The Morgan fingerprint density at radius 2 is 2.20 bits per heavy atom. The predicted octanol–water partition coefficient (Wildman–Crippen LogP) is 2.82. The number of furan rings is 1. The molecule has 1 fully saturated rings. The summed E-state index contributed by atoms with van der Waals surface area (Å²) < 4.78 is 16.3. The standard InChI is InChI=1S/C17H24N4O4/c1-9-6-14(11(3)24-9)10(2)18-17(22)21-8-13(23-5)7-15(21)16-19-12(4)20-25-16/h6,10,13,15H,7-8H2,1-5H3,(H,18,22)/t10-,13+,15-/m1/s1. The Kier molecular flexibility index (Phi) is 4.80. The zero-order chi connectivity index (χ0) is 18.1. The number of urea groups is 1. The van der Waals surface area contributed by atoms with Crippen molar-refractivity contribution in [2.75, 3.05) is 13.7 Å². The number of hydrogen-bond donors (Lipinski definition) is 1. The predicted molar refractivity (Wildman–Crippen MR) is 89.0 cm³/mol. The van der Waals surface area contributed by atoms with Crippen LogP contribution < -0.4 is 5.32 Å². The van der Waals surface area contributed by atoms with Crippen molar-refractivity contribution in [3.63, 3.8) is 0 Å². The van der Waals surface area contributed by atoms with Crippen LogP contribution in [0.2, 0.25) is 0 Å². The lowest BCUT2D eigenvalue weighted by Crippen LogP contribution is -2.41. The number of aromatic nitrogens is 2. The number of nitrogens with zero attached hydrogens (tertiary/aromatic N) is 3. The summed E-state index contributed by atoms with van der Waals surface area (Å²) in [5.41, 5.74) is 0.971. The van der Waals surface area contributed by atoms with Gasteiger partial charge in [0.05, 0.1) is 12.1 Å². The topological polar surface area (TPSA) is 93.6 Å². The van der Waals surface area contributed by atoms with E-state index in [0.29, 0.717) is 24.7 Å². The van der Waals surface area contributed by atoms with Crippen molar-refractivity contribution >= 4 is 6.03 Å². The van der Waals surface area contributed by atoms with E-state index in [4.69, 9.17) is 13.7 Å². The molecule has 8 nitrogen and oxygen atoms in total. The molecule has 2 aromatic heterocycles. The third-order valence-electron chi connectivity index (χ3n) is 4.57. The number of amides is 2. The van der Waals surface area contributed by atoms with E-state index in [1.54, 1.807) is 18.9 Å². The zero-order valence-corrected chi connectivity index (χ0v) is 15.2. The maximum absolute atomic E-state index is 12.8. The van der Waals surface area contributed by atoms with Crippen LogP contribution in [0, 0.1) is 20.8 Å². The average molecular weight is 348 g/mol. The lowest BCUT2D eigenvalue weighted by molar-refractivity contribution is 0.110. The van der Waals surface area contributed by atoms with Gasteiger partial charge in [-0.3, -0.25) is 0 Å². The van der Waals surface area contributed by atoms with Gasteiger partial charge >= 0.3 is 6.03 Å². The summed E-state index contributed by atoms with van der Waals surface area (Å²) in [5, 5.41) is 6.86. The van der Waals surface area contributed by atoms with Gasteiger partial charge in [-0.15, -0.1) is 0 Å². The maximum atomic E-state index is 12.8. The maximum Gasteiger partial charge on any atom is 0.318 e. The third kappa shape index (κ3) is 3.53. The fourth-order valence-electron chi connectivity index (χ4n) is 3.30. The van der Waals surface area contributed by atoms with Gasteiger partial charge in [0.15, 0.2) is 5.82 Å². The normalized spacial score (nSPS) is 21.6. The molecule has 2 aromatic rings. The van der Waals surface area contributed by atoms with Crippen LogP contribution in [0.25, 0.3) is 0 Å². The van der Waals surface area contributed by atoms with Crippen molar-refractivity contribution in [1.29, 1.82) is 0 Å². The average Bonchev–Trinajstić information content (AvgIpc) is 3.25. The minimum absolute atomic E-state index is 0.0591. The molecule has 25 heavy (non-hydrogen) atoms. The second kappa shape index (κ2) is 6.87. The molecule has 1 N–H and O–H groups in total. The quantitative estimate of drug-likeness (QED) is 0.913. The van der Waals surface area contributed by atoms with Crippen LogP contribution in [0.1, 0.15) is 54.2 Å². The lowest BCUT2D eigenvalue weighted by atomic mass is 10.1. The molecule has 3 heterocycles. The monoisotopic (exact) mass is 348 g/mol. The Labute approximate surface area is 146 Å². The zero-order valence-electron chi connectivity index (χ0n) is 15.2. The first-order chi connectivity index (χ1) is 11.9. The summed E-state index contributed by atoms with van der Waals surface area (Å²) in [4.78, 5) is 18.8. The van der Waals surface area contributed by atoms with Gasteiger partial charge < -0.3 is 23.9 Å². The molecule has 0 spiro atoms. The number of aryl methyl sites for hydroxylation is 3. The van der Waals surface area contributed by atoms with Gasteiger partial charge in [-0.2, -0.15) is 4.98 Å². The van der Waals surface area contributed by atoms with Gasteiger partial charge in [0, 0.05) is 25.6 Å². The molecule has 0 aromatic carbocycles. The second-order valence-corrected chi connectivity index (χ2v) is 6.48. The van der Waals surface area contributed by atoms with E-state index in [9.17, 15) is 4.79 Å². The van der Waals surface area contributed by atoms with Crippen molar-refractivity contribution in [1.82, 2.24) is 20.4 Å². The molecule has 1 aliphatic heterocycles. The smallest absolute Gasteiger partial charge is 0.318 e. The molecule has 3 rings (SSSR count). The highest BCUT2D eigenvalue weighted by atomic mass is 16.5. The Morgan fingerprint density at radius 3 is 2.76 bits per heavy atom. The van der Waals surface area contributed by atoms with Crippen molar-refractivity contribution in [3.8, 4) is 0 Å². The molecule has 8 heteroatoms. The number of rotatable bonds is 4. The lowest BCUT2D eigenvalue weighted by Gasteiger charge is -2.24. The van der Waals surface area contributed by atoms with E-state index in [2.05, 4.69) is 15.5 Å². The molecule has 0 unspecified atom stereocenters. The molecule has 0 saturated carbocycles. The Hall–Kier alpha value is -2.35. The Morgan fingerprint density at radius 1 is 1.44 bits per heavy atom. The van der Waals surface area contributed by atoms with Crippen molar-refractivity contribution in [2.45, 2.75) is 52.3 Å². The number of nitrogens with one attached hydrogen (secondary N) is 1. The molecule has 1 saturated heterocycles. The Balaban J connectivity index is 1.75. The van der Waals surface area contributed by atoms with Crippen molar-refractivity contribution in [2.24, 2.45) is 0 Å². The largest absolute Gasteiger partial charge is 0.466 e. The summed E-state index contributed by atoms with van der Waals surface area (Å²) in [6, 6.07) is 1.30. The first kappa shape index (κ1) is 17.5. The van der Waals surface area contributed by atoms with E-state index < -0.39 is 0 Å². The summed E-state index contributed by atoms with van der Waals surface area (Å²) in [6.07, 6.45) is 0.570. The van der Waals surface area contributed by atoms with E-state index in [1.165, 1.54) is 0 Å². The molecule has 0 radical (unpaired) electrons. The third-order valence-corrected chi connectivity index (χ3v) is 4.57. The van der Waals surface area contributed by atoms with Crippen molar-refractivity contribution < 1.29 is 18.5 Å². The molecule has 3 atom stereocenters. The van der Waals surface area contributed by atoms with Gasteiger partial charge in [0.1, 0.15) is 17.6 Å². The fourth-order valence-corrected chi connectivity index (χ4v) is 3.30. The molecular weight excluding hydrogens is 324 g/mol. The van der Waals surface area contributed by atoms with Crippen LogP contribution in [0.4, 0.5) is 4.79 Å². The minimum atomic E-state index is -0.287. The second-order valence-electron chi connectivity index (χ2n) is 6.48. The summed E-state index contributed by atoms with van der Waals surface area (Å²) in [5.74, 6) is 2.63. The van der Waals surface area contributed by atoms with Crippen LogP contribution in [0.15, 0.2) is 15.0 Å². The molecule has 2 amide bonds. The van der Waals surface area contributed by atoms with Gasteiger partial charge in [-0.25, -0.2) is 4.79 Å². The molecule has 1 aliphatic rings. The highest BCUT2D eigenvalue weighted by Gasteiger charge is 2.40. The Bertz CT molecular complexity index is 754. The molecule has 0 bridgehead atoms. The van der Waals surface area contributed by atoms with Crippen LogP contribution in [-0.4, -0.2) is 40.8 Å². The number of likely N-dealkylation sites (tertiary alicyclic amines) is 1. The fraction of sp³-hybridized carbons (Fsp3) is 0.588. The first-order valence-electron chi connectivity index (χ1n) is 8.36. The molecule has 136 valence electrons. The minimum Gasteiger partial charge on any atom is -0.466 e. The summed E-state index contributed by atoms with van der Waals surface area (Å²) in [7, 11) is 1.64. The molecular formula is C17H24N4O4. The van der Waals surface area contributed by atoms with Gasteiger partial charge in [-0.05, 0) is 33.8 Å². The van der Waals surface area contributed by atoms with E-state index in [-0.39, 0.29) is 24.2 Å². The van der Waals surface area contributed by atoms with Gasteiger partial charge in [0.25, 0.3) is 0 Å². The number of carbonyl (C=O) groups excluding carboxylic acids is 1. The van der Waals surface area contributed by atoms with E-state index in [1.807, 2.05) is 26.8 Å².